The Morgan fingerprint density at radius 3 is 2.85 bits per heavy atom. The molecule has 1 spiro atoms. The average molecular weight is 358 g/mol. The summed E-state index contributed by atoms with van der Waals surface area (Å²) in [6, 6.07) is 9.31. The zero-order chi connectivity index (χ0) is 18.2. The number of carbonyl (C=O) groups is 1. The topological polar surface area (TPSA) is 66.0 Å². The third-order valence-corrected chi connectivity index (χ3v) is 5.18. The molecule has 2 N–H and O–H groups in total. The van der Waals surface area contributed by atoms with Crippen molar-refractivity contribution in [1.29, 1.82) is 0 Å². The van der Waals surface area contributed by atoms with Crippen LogP contribution in [0.5, 0.6) is 0 Å². The second kappa shape index (κ2) is 9.03. The molecule has 1 amide bonds. The van der Waals surface area contributed by atoms with Gasteiger partial charge in [-0.15, -0.1) is 0 Å². The van der Waals surface area contributed by atoms with Crippen LogP contribution in [0.1, 0.15) is 36.5 Å². The van der Waals surface area contributed by atoms with Crippen molar-refractivity contribution >= 4 is 11.9 Å². The van der Waals surface area contributed by atoms with E-state index < -0.39 is 0 Å². The standard InChI is InChI=1S/C20H30N4O2/c1-2-21-19(24-13-9-20(15-24)10-14-26-16-20)23-12-6-11-22-18(25)17-7-4-3-5-8-17/h3-5,7-8H,2,6,9-16H2,1H3,(H,21,23)(H,22,25). The van der Waals surface area contributed by atoms with Crippen molar-refractivity contribution in [2.24, 2.45) is 10.4 Å². The minimum atomic E-state index is -0.0239. The first-order valence-corrected chi connectivity index (χ1v) is 9.67. The van der Waals surface area contributed by atoms with Gasteiger partial charge in [-0.2, -0.15) is 0 Å². The summed E-state index contributed by atoms with van der Waals surface area (Å²) in [5.41, 5.74) is 1.03. The SMILES string of the molecule is CCNC(=NCCCNC(=O)c1ccccc1)N1CCC2(CCOC2)C1. The number of hydrogen-bond acceptors (Lipinski definition) is 3. The predicted octanol–water partition coefficient (Wildman–Crippen LogP) is 1.88. The van der Waals surface area contributed by atoms with E-state index in [-0.39, 0.29) is 5.91 Å². The number of benzene rings is 1. The monoisotopic (exact) mass is 358 g/mol. The van der Waals surface area contributed by atoms with Crippen molar-refractivity contribution in [3.8, 4) is 0 Å². The van der Waals surface area contributed by atoms with Gasteiger partial charge in [-0.25, -0.2) is 0 Å². The van der Waals surface area contributed by atoms with Crippen LogP contribution >= 0.6 is 0 Å². The van der Waals surface area contributed by atoms with Crippen LogP contribution < -0.4 is 10.6 Å². The Bertz CT molecular complexity index is 611. The molecule has 2 heterocycles. The lowest BCUT2D eigenvalue weighted by Crippen LogP contribution is -2.41. The van der Waals surface area contributed by atoms with E-state index in [1.165, 1.54) is 6.42 Å². The zero-order valence-corrected chi connectivity index (χ0v) is 15.7. The maximum absolute atomic E-state index is 12.0. The summed E-state index contributed by atoms with van der Waals surface area (Å²) in [5, 5.41) is 6.36. The van der Waals surface area contributed by atoms with Crippen LogP contribution in [0.25, 0.3) is 0 Å². The number of carbonyl (C=O) groups excluding carboxylic acids is 1. The van der Waals surface area contributed by atoms with E-state index in [1.807, 2.05) is 30.3 Å². The van der Waals surface area contributed by atoms with Gasteiger partial charge in [0.05, 0.1) is 6.61 Å². The summed E-state index contributed by atoms with van der Waals surface area (Å²) >= 11 is 0. The molecule has 2 fully saturated rings. The molecule has 2 aliphatic heterocycles. The molecule has 142 valence electrons. The van der Waals surface area contributed by atoms with Gasteiger partial charge in [0.25, 0.3) is 5.91 Å². The van der Waals surface area contributed by atoms with Crippen LogP contribution in [0.4, 0.5) is 0 Å². The number of nitrogens with one attached hydrogen (secondary N) is 2. The number of hydrogen-bond donors (Lipinski definition) is 2. The molecular weight excluding hydrogens is 328 g/mol. The number of aliphatic imine (C=N–C) groups is 1. The molecule has 2 aliphatic rings. The quantitative estimate of drug-likeness (QED) is 0.463. The van der Waals surface area contributed by atoms with Crippen molar-refractivity contribution < 1.29 is 9.53 Å². The summed E-state index contributed by atoms with van der Waals surface area (Å²) in [6.45, 7) is 8.15. The molecule has 0 saturated carbocycles. The van der Waals surface area contributed by atoms with Crippen LogP contribution in [0.3, 0.4) is 0 Å². The minimum Gasteiger partial charge on any atom is -0.381 e. The second-order valence-corrected chi connectivity index (χ2v) is 7.19. The summed E-state index contributed by atoms with van der Waals surface area (Å²) in [5.74, 6) is 0.967. The Labute approximate surface area is 156 Å². The van der Waals surface area contributed by atoms with Crippen LogP contribution in [0, 0.1) is 5.41 Å². The number of rotatable bonds is 6. The van der Waals surface area contributed by atoms with Crippen molar-refractivity contribution in [3.05, 3.63) is 35.9 Å². The summed E-state index contributed by atoms with van der Waals surface area (Å²) in [4.78, 5) is 19.1. The van der Waals surface area contributed by atoms with Gasteiger partial charge in [0.2, 0.25) is 0 Å². The van der Waals surface area contributed by atoms with Crippen LogP contribution in [0.15, 0.2) is 35.3 Å². The third-order valence-electron chi connectivity index (χ3n) is 5.18. The molecule has 0 aliphatic carbocycles. The molecule has 1 unspecified atom stereocenters. The van der Waals surface area contributed by atoms with Gasteiger partial charge < -0.3 is 20.3 Å². The number of likely N-dealkylation sites (tertiary alicyclic amines) is 1. The Balaban J connectivity index is 1.44. The molecule has 2 saturated heterocycles. The smallest absolute Gasteiger partial charge is 0.251 e. The zero-order valence-electron chi connectivity index (χ0n) is 15.7. The Morgan fingerprint density at radius 2 is 2.12 bits per heavy atom. The molecule has 0 bridgehead atoms. The first-order chi connectivity index (χ1) is 12.7. The molecule has 3 rings (SSSR count). The average Bonchev–Trinajstić information content (AvgIpc) is 3.31. The highest BCUT2D eigenvalue weighted by Gasteiger charge is 2.42. The van der Waals surface area contributed by atoms with Crippen LogP contribution in [-0.2, 0) is 4.74 Å². The molecule has 0 aromatic heterocycles. The summed E-state index contributed by atoms with van der Waals surface area (Å²) in [6.07, 6.45) is 3.18. The molecule has 26 heavy (non-hydrogen) atoms. The van der Waals surface area contributed by atoms with Crippen molar-refractivity contribution in [2.45, 2.75) is 26.2 Å². The fraction of sp³-hybridized carbons (Fsp3) is 0.600. The van der Waals surface area contributed by atoms with E-state index in [9.17, 15) is 4.79 Å². The fourth-order valence-electron chi connectivity index (χ4n) is 3.67. The molecule has 6 nitrogen and oxygen atoms in total. The lowest BCUT2D eigenvalue weighted by Gasteiger charge is -2.25. The molecular formula is C20H30N4O2. The lowest BCUT2D eigenvalue weighted by atomic mass is 9.87. The summed E-state index contributed by atoms with van der Waals surface area (Å²) in [7, 11) is 0. The fourth-order valence-corrected chi connectivity index (χ4v) is 3.67. The summed E-state index contributed by atoms with van der Waals surface area (Å²) < 4.78 is 5.62. The van der Waals surface area contributed by atoms with Crippen molar-refractivity contribution in [1.82, 2.24) is 15.5 Å². The van der Waals surface area contributed by atoms with Gasteiger partial charge in [-0.3, -0.25) is 9.79 Å². The number of guanidine groups is 1. The van der Waals surface area contributed by atoms with E-state index in [2.05, 4.69) is 22.5 Å². The van der Waals surface area contributed by atoms with E-state index in [1.54, 1.807) is 0 Å². The van der Waals surface area contributed by atoms with Crippen molar-refractivity contribution in [3.63, 3.8) is 0 Å². The van der Waals surface area contributed by atoms with E-state index in [0.717, 1.165) is 51.6 Å². The predicted molar refractivity (Wildman–Crippen MR) is 103 cm³/mol. The largest absolute Gasteiger partial charge is 0.381 e. The lowest BCUT2D eigenvalue weighted by molar-refractivity contribution is 0.0953. The molecule has 6 heteroatoms. The highest BCUT2D eigenvalue weighted by atomic mass is 16.5. The first-order valence-electron chi connectivity index (χ1n) is 9.67. The molecule has 0 radical (unpaired) electrons. The van der Waals surface area contributed by atoms with Crippen LogP contribution in [0.2, 0.25) is 0 Å². The first kappa shape index (κ1) is 18.7. The third kappa shape index (κ3) is 4.75. The Hall–Kier alpha value is -2.08. The van der Waals surface area contributed by atoms with E-state index in [0.29, 0.717) is 24.1 Å². The Morgan fingerprint density at radius 1 is 1.27 bits per heavy atom. The Kier molecular flexibility index (Phi) is 6.50. The highest BCUT2D eigenvalue weighted by Crippen LogP contribution is 2.38. The van der Waals surface area contributed by atoms with Gasteiger partial charge in [-0.05, 0) is 38.3 Å². The molecule has 1 atom stereocenters. The van der Waals surface area contributed by atoms with Gasteiger partial charge in [0.1, 0.15) is 0 Å². The normalized spacial score (nSPS) is 22.8. The van der Waals surface area contributed by atoms with E-state index >= 15 is 0 Å². The second-order valence-electron chi connectivity index (χ2n) is 7.19. The molecule has 1 aromatic rings. The highest BCUT2D eigenvalue weighted by molar-refractivity contribution is 5.94. The molecule has 1 aromatic carbocycles. The maximum atomic E-state index is 12.0. The van der Waals surface area contributed by atoms with Crippen LogP contribution in [-0.4, -0.2) is 62.7 Å². The van der Waals surface area contributed by atoms with E-state index in [4.69, 9.17) is 9.73 Å². The van der Waals surface area contributed by atoms with Gasteiger partial charge in [-0.1, -0.05) is 18.2 Å². The maximum Gasteiger partial charge on any atom is 0.251 e. The number of amides is 1. The number of nitrogens with zero attached hydrogens (tertiary/aromatic N) is 2. The van der Waals surface area contributed by atoms with Gasteiger partial charge in [0.15, 0.2) is 5.96 Å². The van der Waals surface area contributed by atoms with Crippen molar-refractivity contribution in [2.75, 3.05) is 45.9 Å². The van der Waals surface area contributed by atoms with Gasteiger partial charge >= 0.3 is 0 Å². The number of ether oxygens (including phenoxy) is 1. The van der Waals surface area contributed by atoms with Gasteiger partial charge in [0, 0.05) is 50.3 Å². The minimum absolute atomic E-state index is 0.0239.